The molecule has 0 saturated heterocycles. The van der Waals surface area contributed by atoms with E-state index < -0.39 is 12.0 Å². The molecular formula is C11H12F2N2O2. The van der Waals surface area contributed by atoms with Gasteiger partial charge < -0.3 is 4.74 Å². The van der Waals surface area contributed by atoms with Crippen molar-refractivity contribution in [3.05, 3.63) is 35.9 Å². The van der Waals surface area contributed by atoms with Gasteiger partial charge in [-0.05, 0) is 13.0 Å². The maximum absolute atomic E-state index is 13.2. The van der Waals surface area contributed by atoms with Gasteiger partial charge in [-0.15, -0.1) is 0 Å². The van der Waals surface area contributed by atoms with Crippen molar-refractivity contribution in [3.63, 3.8) is 0 Å². The number of nitrogens with two attached hydrogens (primary N) is 1. The molecule has 17 heavy (non-hydrogen) atoms. The van der Waals surface area contributed by atoms with Gasteiger partial charge in [0.2, 0.25) is 0 Å². The van der Waals surface area contributed by atoms with E-state index in [2.05, 4.69) is 10.6 Å². The topological polar surface area (TPSA) is 64.3 Å². The van der Waals surface area contributed by atoms with Gasteiger partial charge in [-0.2, -0.15) is 8.78 Å². The molecule has 0 aliphatic rings. The third kappa shape index (κ3) is 3.25. The summed E-state index contributed by atoms with van der Waals surface area (Å²) < 4.78 is 30.7. The summed E-state index contributed by atoms with van der Waals surface area (Å²) in [5.41, 5.74) is 1.79. The summed E-state index contributed by atoms with van der Waals surface area (Å²) in [5, 5.41) is 0. The van der Waals surface area contributed by atoms with E-state index in [1.807, 2.05) is 0 Å². The van der Waals surface area contributed by atoms with Crippen LogP contribution < -0.4 is 16.0 Å². The summed E-state index contributed by atoms with van der Waals surface area (Å²) in [5.74, 6) is 2.84. The number of ether oxygens (including phenoxy) is 1. The Bertz CT molecular complexity index is 433. The summed E-state index contributed by atoms with van der Waals surface area (Å²) >= 11 is 0. The third-order valence-corrected chi connectivity index (χ3v) is 1.90. The van der Waals surface area contributed by atoms with Gasteiger partial charge in [0.25, 0.3) is 0 Å². The van der Waals surface area contributed by atoms with Gasteiger partial charge in [-0.1, -0.05) is 30.4 Å². The first kappa shape index (κ1) is 13.1. The fraction of sp³-hybridized carbons (Fsp3) is 0.182. The molecule has 1 aromatic carbocycles. The standard InChI is InChI=1S/C11H12F2N2O2/c1-2-5-8-6-3-4-7-9(8)17-11(12,13)10(16)15-14/h2-7H,14H2,1H3,(H,15,16)/b5-2+. The van der Waals surface area contributed by atoms with E-state index >= 15 is 0 Å². The molecule has 1 amide bonds. The van der Waals surface area contributed by atoms with E-state index in [1.165, 1.54) is 17.6 Å². The predicted molar refractivity (Wildman–Crippen MR) is 59.1 cm³/mol. The fourth-order valence-corrected chi connectivity index (χ4v) is 1.16. The lowest BCUT2D eigenvalue weighted by molar-refractivity contribution is -0.192. The number of carbonyl (C=O) groups excluding carboxylic acids is 1. The van der Waals surface area contributed by atoms with Gasteiger partial charge in [0.1, 0.15) is 5.75 Å². The van der Waals surface area contributed by atoms with Crippen LogP contribution in [0.1, 0.15) is 12.5 Å². The molecule has 0 atom stereocenters. The highest BCUT2D eigenvalue weighted by molar-refractivity contribution is 5.81. The quantitative estimate of drug-likeness (QED) is 0.479. The molecule has 0 heterocycles. The van der Waals surface area contributed by atoms with E-state index in [-0.39, 0.29) is 5.75 Å². The molecule has 0 radical (unpaired) electrons. The lowest BCUT2D eigenvalue weighted by Gasteiger charge is -2.17. The lowest BCUT2D eigenvalue weighted by Crippen LogP contribution is -2.47. The van der Waals surface area contributed by atoms with Crippen molar-refractivity contribution in [2.45, 2.75) is 13.0 Å². The Balaban J connectivity index is 2.98. The minimum atomic E-state index is -4.01. The molecule has 0 bridgehead atoms. The molecule has 92 valence electrons. The molecule has 1 rings (SSSR count). The number of rotatable bonds is 4. The molecule has 0 unspecified atom stereocenters. The number of nitrogens with one attached hydrogen (secondary N) is 1. The SMILES string of the molecule is C/C=C/c1ccccc1OC(F)(F)C(=O)NN. The summed E-state index contributed by atoms with van der Waals surface area (Å²) in [4.78, 5) is 10.8. The van der Waals surface area contributed by atoms with Gasteiger partial charge in [0.05, 0.1) is 0 Å². The number of para-hydroxylation sites is 1. The molecule has 1 aromatic rings. The largest absolute Gasteiger partial charge is 0.483 e. The fourth-order valence-electron chi connectivity index (χ4n) is 1.16. The highest BCUT2D eigenvalue weighted by atomic mass is 19.3. The van der Waals surface area contributed by atoms with Crippen LogP contribution in [0.15, 0.2) is 30.3 Å². The van der Waals surface area contributed by atoms with Gasteiger partial charge in [-0.25, -0.2) is 5.84 Å². The minimum Gasteiger partial charge on any atom is -0.425 e. The summed E-state index contributed by atoms with van der Waals surface area (Å²) in [6, 6.07) is 6.13. The maximum atomic E-state index is 13.2. The first-order valence-electron chi connectivity index (χ1n) is 4.81. The number of halogens is 2. The van der Waals surface area contributed by atoms with Crippen LogP contribution in [0.2, 0.25) is 0 Å². The van der Waals surface area contributed by atoms with Crippen molar-refractivity contribution < 1.29 is 18.3 Å². The minimum absolute atomic E-state index is 0.0980. The molecule has 0 aliphatic heterocycles. The van der Waals surface area contributed by atoms with Crippen molar-refractivity contribution in [1.82, 2.24) is 5.43 Å². The number of benzene rings is 1. The second kappa shape index (κ2) is 5.40. The molecule has 0 spiro atoms. The van der Waals surface area contributed by atoms with E-state index in [4.69, 9.17) is 0 Å². The second-order valence-electron chi connectivity index (χ2n) is 3.13. The zero-order chi connectivity index (χ0) is 12.9. The Labute approximate surface area is 97.0 Å². The van der Waals surface area contributed by atoms with Crippen LogP contribution >= 0.6 is 0 Å². The van der Waals surface area contributed by atoms with Crippen LogP contribution in [0.3, 0.4) is 0 Å². The molecule has 3 N–H and O–H groups in total. The number of carbonyl (C=O) groups is 1. The van der Waals surface area contributed by atoms with Crippen molar-refractivity contribution in [2.24, 2.45) is 5.84 Å². The molecule has 0 aliphatic carbocycles. The number of amides is 1. The van der Waals surface area contributed by atoms with E-state index in [1.54, 1.807) is 31.2 Å². The van der Waals surface area contributed by atoms with Crippen molar-refractivity contribution in [1.29, 1.82) is 0 Å². The molecule has 0 fully saturated rings. The second-order valence-corrected chi connectivity index (χ2v) is 3.13. The van der Waals surface area contributed by atoms with Crippen molar-refractivity contribution in [2.75, 3.05) is 0 Å². The number of allylic oxidation sites excluding steroid dienone is 1. The third-order valence-electron chi connectivity index (χ3n) is 1.90. The Hall–Kier alpha value is -1.95. The van der Waals surface area contributed by atoms with E-state index in [0.717, 1.165) is 0 Å². The van der Waals surface area contributed by atoms with Crippen molar-refractivity contribution >= 4 is 12.0 Å². The lowest BCUT2D eigenvalue weighted by atomic mass is 10.2. The van der Waals surface area contributed by atoms with Crippen LogP contribution in [0, 0.1) is 0 Å². The van der Waals surface area contributed by atoms with Crippen LogP contribution in [-0.4, -0.2) is 12.0 Å². The van der Waals surface area contributed by atoms with Gasteiger partial charge in [-0.3, -0.25) is 10.2 Å². The highest BCUT2D eigenvalue weighted by Crippen LogP contribution is 2.26. The molecule has 4 nitrogen and oxygen atoms in total. The predicted octanol–water partition coefficient (Wildman–Crippen LogP) is 1.68. The molecule has 0 aromatic heterocycles. The van der Waals surface area contributed by atoms with E-state index in [9.17, 15) is 13.6 Å². The van der Waals surface area contributed by atoms with Crippen molar-refractivity contribution in [3.8, 4) is 5.75 Å². The zero-order valence-corrected chi connectivity index (χ0v) is 9.11. The van der Waals surface area contributed by atoms with Gasteiger partial charge in [0.15, 0.2) is 0 Å². The van der Waals surface area contributed by atoms with Gasteiger partial charge >= 0.3 is 12.0 Å². The number of hydrogen-bond donors (Lipinski definition) is 2. The average Bonchev–Trinajstić information content (AvgIpc) is 2.30. The highest BCUT2D eigenvalue weighted by Gasteiger charge is 2.42. The molecule has 0 saturated carbocycles. The van der Waals surface area contributed by atoms with Crippen LogP contribution in [0.25, 0.3) is 6.08 Å². The van der Waals surface area contributed by atoms with Gasteiger partial charge in [0, 0.05) is 5.56 Å². The molecular weight excluding hydrogens is 230 g/mol. The Morgan fingerprint density at radius 2 is 2.12 bits per heavy atom. The average molecular weight is 242 g/mol. The summed E-state index contributed by atoms with van der Waals surface area (Å²) in [7, 11) is 0. The van der Waals surface area contributed by atoms with Crippen LogP contribution in [0.4, 0.5) is 8.78 Å². The normalized spacial score (nSPS) is 11.5. The molecule has 6 heteroatoms. The first-order chi connectivity index (χ1) is 8.01. The van der Waals surface area contributed by atoms with Crippen LogP contribution in [-0.2, 0) is 4.79 Å². The summed E-state index contributed by atoms with van der Waals surface area (Å²) in [6.07, 6.45) is -0.748. The Morgan fingerprint density at radius 1 is 1.47 bits per heavy atom. The number of hydrazine groups is 1. The smallest absolute Gasteiger partial charge is 0.425 e. The Morgan fingerprint density at radius 3 is 2.71 bits per heavy atom. The number of hydrogen-bond acceptors (Lipinski definition) is 3. The monoisotopic (exact) mass is 242 g/mol. The zero-order valence-electron chi connectivity index (χ0n) is 9.11. The van der Waals surface area contributed by atoms with Crippen LogP contribution in [0.5, 0.6) is 5.75 Å². The van der Waals surface area contributed by atoms with E-state index in [0.29, 0.717) is 5.56 Å². The maximum Gasteiger partial charge on any atom is 0.483 e. The Kier molecular flexibility index (Phi) is 4.17. The summed E-state index contributed by atoms with van der Waals surface area (Å²) in [6.45, 7) is 1.74. The first-order valence-corrected chi connectivity index (χ1v) is 4.81. The number of alkyl halides is 2.